The SMILES string of the molecule is CCc1ccccc1NC(=O)[C@H]1CCCN(C(=O)c2cccc(Cl)c2)C1. The zero-order valence-corrected chi connectivity index (χ0v) is 15.6. The quantitative estimate of drug-likeness (QED) is 0.867. The van der Waals surface area contributed by atoms with Crippen molar-refractivity contribution in [2.75, 3.05) is 18.4 Å². The lowest BCUT2D eigenvalue weighted by molar-refractivity contribution is -0.121. The Morgan fingerprint density at radius 2 is 2.00 bits per heavy atom. The third kappa shape index (κ3) is 4.25. The van der Waals surface area contributed by atoms with Crippen molar-refractivity contribution in [1.29, 1.82) is 0 Å². The molecule has 1 aliphatic rings. The monoisotopic (exact) mass is 370 g/mol. The number of amides is 2. The first-order valence-corrected chi connectivity index (χ1v) is 9.40. The van der Waals surface area contributed by atoms with Crippen LogP contribution in [0.2, 0.25) is 5.02 Å². The first-order valence-electron chi connectivity index (χ1n) is 9.02. The standard InChI is InChI=1S/C21H23ClN2O2/c1-2-15-7-3-4-11-19(15)23-20(25)17-9-6-12-24(14-17)21(26)16-8-5-10-18(22)13-16/h3-5,7-8,10-11,13,17H,2,6,9,12,14H2,1H3,(H,23,25)/t17-/m0/s1. The van der Waals surface area contributed by atoms with E-state index in [1.807, 2.05) is 24.3 Å². The molecule has 0 saturated carbocycles. The van der Waals surface area contributed by atoms with Gasteiger partial charge in [-0.2, -0.15) is 0 Å². The molecule has 2 amide bonds. The van der Waals surface area contributed by atoms with Crippen LogP contribution < -0.4 is 5.32 Å². The van der Waals surface area contributed by atoms with Crippen LogP contribution in [0.4, 0.5) is 5.69 Å². The molecule has 0 spiro atoms. The molecule has 2 aromatic rings. The lowest BCUT2D eigenvalue weighted by Crippen LogP contribution is -2.43. The van der Waals surface area contributed by atoms with Crippen LogP contribution in [0, 0.1) is 5.92 Å². The Morgan fingerprint density at radius 3 is 2.77 bits per heavy atom. The fourth-order valence-electron chi connectivity index (χ4n) is 3.37. The second kappa shape index (κ2) is 8.37. The number of aryl methyl sites for hydroxylation is 1. The van der Waals surface area contributed by atoms with Gasteiger partial charge in [0, 0.05) is 29.4 Å². The summed E-state index contributed by atoms with van der Waals surface area (Å²) in [5.41, 5.74) is 2.54. The molecule has 0 bridgehead atoms. The third-order valence-corrected chi connectivity index (χ3v) is 5.04. The van der Waals surface area contributed by atoms with Gasteiger partial charge in [-0.05, 0) is 49.1 Å². The van der Waals surface area contributed by atoms with E-state index in [9.17, 15) is 9.59 Å². The topological polar surface area (TPSA) is 49.4 Å². The molecule has 26 heavy (non-hydrogen) atoms. The van der Waals surface area contributed by atoms with Crippen LogP contribution in [0.25, 0.3) is 0 Å². The molecule has 1 atom stereocenters. The van der Waals surface area contributed by atoms with Crippen molar-refractivity contribution in [3.63, 3.8) is 0 Å². The molecule has 1 N–H and O–H groups in total. The number of anilines is 1. The lowest BCUT2D eigenvalue weighted by atomic mass is 9.96. The highest BCUT2D eigenvalue weighted by atomic mass is 35.5. The average Bonchev–Trinajstić information content (AvgIpc) is 2.68. The highest BCUT2D eigenvalue weighted by Crippen LogP contribution is 2.23. The van der Waals surface area contributed by atoms with Crippen LogP contribution in [0.15, 0.2) is 48.5 Å². The second-order valence-electron chi connectivity index (χ2n) is 6.60. The summed E-state index contributed by atoms with van der Waals surface area (Å²) in [6, 6.07) is 14.8. The summed E-state index contributed by atoms with van der Waals surface area (Å²) in [7, 11) is 0. The van der Waals surface area contributed by atoms with Gasteiger partial charge in [-0.1, -0.05) is 42.8 Å². The van der Waals surface area contributed by atoms with Gasteiger partial charge in [0.2, 0.25) is 5.91 Å². The van der Waals surface area contributed by atoms with Crippen LogP contribution in [0.1, 0.15) is 35.7 Å². The lowest BCUT2D eigenvalue weighted by Gasteiger charge is -2.32. The minimum Gasteiger partial charge on any atom is -0.338 e. The highest BCUT2D eigenvalue weighted by Gasteiger charge is 2.29. The number of hydrogen-bond acceptors (Lipinski definition) is 2. The Labute approximate surface area is 159 Å². The molecule has 2 aromatic carbocycles. The largest absolute Gasteiger partial charge is 0.338 e. The zero-order valence-electron chi connectivity index (χ0n) is 14.9. The Morgan fingerprint density at radius 1 is 1.19 bits per heavy atom. The molecule has 1 fully saturated rings. The van der Waals surface area contributed by atoms with Crippen molar-refractivity contribution in [3.05, 3.63) is 64.7 Å². The predicted octanol–water partition coefficient (Wildman–Crippen LogP) is 4.39. The van der Waals surface area contributed by atoms with E-state index in [1.165, 1.54) is 0 Å². The molecular formula is C21H23ClN2O2. The smallest absolute Gasteiger partial charge is 0.253 e. The Hall–Kier alpha value is -2.33. The van der Waals surface area contributed by atoms with E-state index >= 15 is 0 Å². The van der Waals surface area contributed by atoms with Crippen LogP contribution in [0.3, 0.4) is 0 Å². The number of halogens is 1. The average molecular weight is 371 g/mol. The van der Waals surface area contributed by atoms with Gasteiger partial charge in [0.25, 0.3) is 5.91 Å². The predicted molar refractivity (Wildman–Crippen MR) is 105 cm³/mol. The maximum absolute atomic E-state index is 12.7. The number of carbonyl (C=O) groups is 2. The number of benzene rings is 2. The summed E-state index contributed by atoms with van der Waals surface area (Å²) in [4.78, 5) is 27.2. The van der Waals surface area contributed by atoms with Gasteiger partial charge in [0.1, 0.15) is 0 Å². The number of rotatable bonds is 4. The maximum Gasteiger partial charge on any atom is 0.253 e. The number of hydrogen-bond donors (Lipinski definition) is 1. The fourth-order valence-corrected chi connectivity index (χ4v) is 3.56. The van der Waals surface area contributed by atoms with Gasteiger partial charge in [0.05, 0.1) is 5.92 Å². The number of para-hydroxylation sites is 1. The van der Waals surface area contributed by atoms with Crippen molar-refractivity contribution in [2.24, 2.45) is 5.92 Å². The van der Waals surface area contributed by atoms with E-state index in [0.29, 0.717) is 23.7 Å². The molecular weight excluding hydrogens is 348 g/mol. The van der Waals surface area contributed by atoms with Gasteiger partial charge in [-0.25, -0.2) is 0 Å². The number of piperidine rings is 1. The molecule has 1 saturated heterocycles. The second-order valence-corrected chi connectivity index (χ2v) is 7.04. The Kier molecular flexibility index (Phi) is 5.94. The van der Waals surface area contributed by atoms with Crippen LogP contribution in [-0.2, 0) is 11.2 Å². The Bertz CT molecular complexity index is 806. The Balaban J connectivity index is 1.68. The maximum atomic E-state index is 12.7. The van der Waals surface area contributed by atoms with Crippen molar-refractivity contribution >= 4 is 29.1 Å². The van der Waals surface area contributed by atoms with E-state index in [2.05, 4.69) is 12.2 Å². The summed E-state index contributed by atoms with van der Waals surface area (Å²) in [5.74, 6) is -0.287. The molecule has 5 heteroatoms. The number of nitrogens with zero attached hydrogens (tertiary/aromatic N) is 1. The molecule has 0 unspecified atom stereocenters. The minimum absolute atomic E-state index is 0.0190. The fraction of sp³-hybridized carbons (Fsp3) is 0.333. The van der Waals surface area contributed by atoms with E-state index in [4.69, 9.17) is 11.6 Å². The zero-order chi connectivity index (χ0) is 18.5. The summed E-state index contributed by atoms with van der Waals surface area (Å²) < 4.78 is 0. The summed E-state index contributed by atoms with van der Waals surface area (Å²) in [6.07, 6.45) is 2.47. The van der Waals surface area contributed by atoms with E-state index in [1.54, 1.807) is 29.2 Å². The summed E-state index contributed by atoms with van der Waals surface area (Å²) >= 11 is 5.99. The van der Waals surface area contributed by atoms with Gasteiger partial charge in [-0.15, -0.1) is 0 Å². The first-order chi connectivity index (χ1) is 12.6. The van der Waals surface area contributed by atoms with Crippen molar-refractivity contribution in [1.82, 2.24) is 4.90 Å². The van der Waals surface area contributed by atoms with E-state index in [0.717, 1.165) is 30.5 Å². The van der Waals surface area contributed by atoms with Crippen LogP contribution in [0.5, 0.6) is 0 Å². The van der Waals surface area contributed by atoms with Crippen molar-refractivity contribution in [3.8, 4) is 0 Å². The number of carbonyl (C=O) groups excluding carboxylic acids is 2. The van der Waals surface area contributed by atoms with Crippen LogP contribution >= 0.6 is 11.6 Å². The van der Waals surface area contributed by atoms with Crippen molar-refractivity contribution < 1.29 is 9.59 Å². The first kappa shape index (κ1) is 18.5. The highest BCUT2D eigenvalue weighted by molar-refractivity contribution is 6.30. The van der Waals surface area contributed by atoms with Gasteiger partial charge < -0.3 is 10.2 Å². The normalized spacial score (nSPS) is 17.0. The number of nitrogens with one attached hydrogen (secondary N) is 1. The molecule has 1 heterocycles. The molecule has 0 radical (unpaired) electrons. The van der Waals surface area contributed by atoms with E-state index in [-0.39, 0.29) is 17.7 Å². The molecule has 0 aromatic heterocycles. The minimum atomic E-state index is -0.197. The van der Waals surface area contributed by atoms with Gasteiger partial charge in [0.15, 0.2) is 0 Å². The third-order valence-electron chi connectivity index (χ3n) is 4.81. The molecule has 0 aliphatic carbocycles. The molecule has 3 rings (SSSR count). The summed E-state index contributed by atoms with van der Waals surface area (Å²) in [5, 5.41) is 3.58. The van der Waals surface area contributed by atoms with Gasteiger partial charge >= 0.3 is 0 Å². The molecule has 4 nitrogen and oxygen atoms in total. The van der Waals surface area contributed by atoms with E-state index < -0.39 is 0 Å². The number of likely N-dealkylation sites (tertiary alicyclic amines) is 1. The molecule has 1 aliphatic heterocycles. The van der Waals surface area contributed by atoms with Gasteiger partial charge in [-0.3, -0.25) is 9.59 Å². The molecule has 136 valence electrons. The summed E-state index contributed by atoms with van der Waals surface area (Å²) in [6.45, 7) is 3.17. The van der Waals surface area contributed by atoms with Crippen molar-refractivity contribution in [2.45, 2.75) is 26.2 Å². The van der Waals surface area contributed by atoms with Crippen LogP contribution in [-0.4, -0.2) is 29.8 Å².